The molecular formula is C12H16BrNO5S2. The van der Waals surface area contributed by atoms with Crippen molar-refractivity contribution in [2.24, 2.45) is 0 Å². The summed E-state index contributed by atoms with van der Waals surface area (Å²) in [5.41, 5.74) is -0.414. The van der Waals surface area contributed by atoms with Gasteiger partial charge < -0.3 is 5.11 Å². The molecule has 0 bridgehead atoms. The predicted octanol–water partition coefficient (Wildman–Crippen LogP) is 0.797. The number of benzene rings is 1. The van der Waals surface area contributed by atoms with Crippen LogP contribution < -0.4 is 4.72 Å². The number of hydrogen-bond donors (Lipinski definition) is 2. The van der Waals surface area contributed by atoms with E-state index < -0.39 is 25.4 Å². The van der Waals surface area contributed by atoms with E-state index in [9.17, 15) is 16.8 Å². The molecule has 1 aromatic carbocycles. The molecule has 0 amide bonds. The second-order valence-corrected chi connectivity index (χ2v) is 10.1. The quantitative estimate of drug-likeness (QED) is 0.782. The minimum Gasteiger partial charge on any atom is -0.392 e. The summed E-state index contributed by atoms with van der Waals surface area (Å²) in [6.45, 7) is 1.40. The summed E-state index contributed by atoms with van der Waals surface area (Å²) in [4.78, 5) is 0.0187. The van der Waals surface area contributed by atoms with Gasteiger partial charge in [-0.05, 0) is 47.0 Å². The van der Waals surface area contributed by atoms with Crippen LogP contribution in [0.1, 0.15) is 18.9 Å². The molecule has 118 valence electrons. The van der Waals surface area contributed by atoms with Crippen LogP contribution in [0.5, 0.6) is 0 Å². The van der Waals surface area contributed by atoms with E-state index >= 15 is 0 Å². The second-order valence-electron chi connectivity index (χ2n) is 5.43. The minimum absolute atomic E-state index is 0.0172. The van der Waals surface area contributed by atoms with Gasteiger partial charge in [0.05, 0.1) is 23.0 Å². The Balaban J connectivity index is 2.31. The fourth-order valence-corrected chi connectivity index (χ4v) is 7.08. The van der Waals surface area contributed by atoms with Crippen LogP contribution in [-0.2, 0) is 26.5 Å². The zero-order valence-corrected chi connectivity index (χ0v) is 14.6. The molecule has 0 aromatic heterocycles. The number of rotatable bonds is 4. The number of hydrogen-bond acceptors (Lipinski definition) is 5. The monoisotopic (exact) mass is 397 g/mol. The standard InChI is InChI=1S/C12H16BrNO5S2/c1-12(4-5-20(16,17)8-12)14-21(18,19)11-3-2-9(7-15)6-10(11)13/h2-3,6,14-15H,4-5,7-8H2,1H3. The maximum absolute atomic E-state index is 12.4. The largest absolute Gasteiger partial charge is 0.392 e. The van der Waals surface area contributed by atoms with Gasteiger partial charge in [-0.15, -0.1) is 0 Å². The van der Waals surface area contributed by atoms with Crippen LogP contribution in [0.25, 0.3) is 0 Å². The first-order valence-corrected chi connectivity index (χ1v) is 10.3. The molecule has 9 heteroatoms. The van der Waals surface area contributed by atoms with Gasteiger partial charge in [0, 0.05) is 10.0 Å². The van der Waals surface area contributed by atoms with E-state index in [4.69, 9.17) is 5.11 Å². The predicted molar refractivity (Wildman–Crippen MR) is 82.1 cm³/mol. The summed E-state index contributed by atoms with van der Waals surface area (Å²) >= 11 is 3.16. The Morgan fingerprint density at radius 3 is 2.57 bits per heavy atom. The van der Waals surface area contributed by atoms with E-state index in [1.54, 1.807) is 6.92 Å². The molecule has 1 aliphatic rings. The summed E-state index contributed by atoms with van der Waals surface area (Å²) in [7, 11) is -7.05. The van der Waals surface area contributed by atoms with E-state index in [1.165, 1.54) is 18.2 Å². The number of aliphatic hydroxyl groups excluding tert-OH is 1. The van der Waals surface area contributed by atoms with Gasteiger partial charge in [-0.2, -0.15) is 0 Å². The Morgan fingerprint density at radius 2 is 2.10 bits per heavy atom. The Bertz CT molecular complexity index is 760. The summed E-state index contributed by atoms with van der Waals surface area (Å²) in [6.07, 6.45) is 0.251. The van der Waals surface area contributed by atoms with Crippen molar-refractivity contribution in [3.8, 4) is 0 Å². The molecule has 1 aromatic rings. The molecule has 1 saturated heterocycles. The van der Waals surface area contributed by atoms with Crippen molar-refractivity contribution in [3.05, 3.63) is 28.2 Å². The molecular weight excluding hydrogens is 382 g/mol. The van der Waals surface area contributed by atoms with Gasteiger partial charge in [-0.1, -0.05) is 6.07 Å². The maximum atomic E-state index is 12.4. The van der Waals surface area contributed by atoms with Crippen LogP contribution in [0.4, 0.5) is 0 Å². The fourth-order valence-electron chi connectivity index (χ4n) is 2.33. The zero-order chi connectivity index (χ0) is 15.9. The zero-order valence-electron chi connectivity index (χ0n) is 11.3. The highest BCUT2D eigenvalue weighted by Gasteiger charge is 2.41. The van der Waals surface area contributed by atoms with Crippen LogP contribution in [0.2, 0.25) is 0 Å². The molecule has 6 nitrogen and oxygen atoms in total. The molecule has 1 heterocycles. The van der Waals surface area contributed by atoms with Crippen LogP contribution in [0.15, 0.2) is 27.6 Å². The lowest BCUT2D eigenvalue weighted by molar-refractivity contribution is 0.281. The van der Waals surface area contributed by atoms with E-state index in [0.29, 0.717) is 10.0 Å². The lowest BCUT2D eigenvalue weighted by Crippen LogP contribution is -2.46. The smallest absolute Gasteiger partial charge is 0.242 e. The van der Waals surface area contributed by atoms with E-state index in [2.05, 4.69) is 20.7 Å². The number of aliphatic hydroxyl groups is 1. The molecule has 2 N–H and O–H groups in total. The molecule has 1 atom stereocenters. The van der Waals surface area contributed by atoms with E-state index in [1.807, 2.05) is 0 Å². The van der Waals surface area contributed by atoms with Crippen molar-refractivity contribution >= 4 is 35.8 Å². The second kappa shape index (κ2) is 5.62. The third-order valence-electron chi connectivity index (χ3n) is 3.35. The SMILES string of the molecule is CC1(NS(=O)(=O)c2ccc(CO)cc2Br)CCS(=O)(=O)C1. The number of nitrogens with one attached hydrogen (secondary N) is 1. The molecule has 0 aliphatic carbocycles. The van der Waals surface area contributed by atoms with Gasteiger partial charge in [0.1, 0.15) is 0 Å². The Kier molecular flexibility index (Phi) is 4.52. The average Bonchev–Trinajstić information content (AvgIpc) is 2.61. The minimum atomic E-state index is -3.85. The van der Waals surface area contributed by atoms with Gasteiger partial charge in [-0.3, -0.25) is 0 Å². The molecule has 21 heavy (non-hydrogen) atoms. The van der Waals surface area contributed by atoms with Crippen molar-refractivity contribution in [1.29, 1.82) is 0 Å². The fraction of sp³-hybridized carbons (Fsp3) is 0.500. The summed E-state index contributed by atoms with van der Waals surface area (Å²) < 4.78 is 50.8. The van der Waals surface area contributed by atoms with E-state index in [-0.39, 0.29) is 29.4 Å². The first-order valence-electron chi connectivity index (χ1n) is 6.21. The topological polar surface area (TPSA) is 101 Å². The first-order chi connectivity index (χ1) is 9.57. The lowest BCUT2D eigenvalue weighted by atomic mass is 10.0. The molecule has 1 unspecified atom stereocenters. The molecule has 0 saturated carbocycles. The highest BCUT2D eigenvalue weighted by molar-refractivity contribution is 9.10. The normalized spacial score (nSPS) is 25.1. The van der Waals surface area contributed by atoms with Crippen LogP contribution >= 0.6 is 15.9 Å². The van der Waals surface area contributed by atoms with E-state index in [0.717, 1.165) is 0 Å². The molecule has 1 aliphatic heterocycles. The Labute approximate surface area is 132 Å². The summed E-state index contributed by atoms with van der Waals surface area (Å²) in [6, 6.07) is 4.40. The van der Waals surface area contributed by atoms with Crippen LogP contribution in [0.3, 0.4) is 0 Å². The van der Waals surface area contributed by atoms with Gasteiger partial charge in [0.25, 0.3) is 0 Å². The van der Waals surface area contributed by atoms with Gasteiger partial charge in [-0.25, -0.2) is 21.6 Å². The molecule has 2 rings (SSSR count). The third-order valence-corrected chi connectivity index (χ3v) is 7.87. The Hall–Kier alpha value is -0.480. The highest BCUT2D eigenvalue weighted by Crippen LogP contribution is 2.28. The van der Waals surface area contributed by atoms with Crippen molar-refractivity contribution in [2.45, 2.75) is 30.4 Å². The average molecular weight is 398 g/mol. The maximum Gasteiger partial charge on any atom is 0.242 e. The highest BCUT2D eigenvalue weighted by atomic mass is 79.9. The molecule has 0 radical (unpaired) electrons. The Morgan fingerprint density at radius 1 is 1.43 bits per heavy atom. The summed E-state index contributed by atoms with van der Waals surface area (Å²) in [5, 5.41) is 9.03. The van der Waals surface area contributed by atoms with Gasteiger partial charge in [0.15, 0.2) is 9.84 Å². The number of sulfonamides is 1. The lowest BCUT2D eigenvalue weighted by Gasteiger charge is -2.24. The van der Waals surface area contributed by atoms with Crippen molar-refractivity contribution in [3.63, 3.8) is 0 Å². The van der Waals surface area contributed by atoms with Gasteiger partial charge >= 0.3 is 0 Å². The number of halogens is 1. The summed E-state index contributed by atoms with van der Waals surface area (Å²) in [5.74, 6) is -0.220. The first kappa shape index (κ1) is 16.9. The van der Waals surface area contributed by atoms with Crippen molar-refractivity contribution < 1.29 is 21.9 Å². The van der Waals surface area contributed by atoms with Crippen LogP contribution in [0, 0.1) is 0 Å². The van der Waals surface area contributed by atoms with Crippen LogP contribution in [-0.4, -0.2) is 39.0 Å². The molecule has 1 fully saturated rings. The van der Waals surface area contributed by atoms with Gasteiger partial charge in [0.2, 0.25) is 10.0 Å². The van der Waals surface area contributed by atoms with Crippen molar-refractivity contribution in [2.75, 3.05) is 11.5 Å². The van der Waals surface area contributed by atoms with Crippen molar-refractivity contribution in [1.82, 2.24) is 4.72 Å². The molecule has 0 spiro atoms. The number of sulfone groups is 1. The third kappa shape index (κ3) is 3.84.